The SMILES string of the molecule is COCCN1CCC[C@H](c2nccnc2-c2cnn(C)c2)C1. The number of likely N-dealkylation sites (tertiary alicyclic amines) is 1. The van der Waals surface area contributed by atoms with Crippen LogP contribution in [0.5, 0.6) is 0 Å². The molecule has 0 N–H and O–H groups in total. The summed E-state index contributed by atoms with van der Waals surface area (Å²) in [5.74, 6) is 0.425. The highest BCUT2D eigenvalue weighted by molar-refractivity contribution is 5.60. The minimum Gasteiger partial charge on any atom is -0.383 e. The molecule has 0 unspecified atom stereocenters. The van der Waals surface area contributed by atoms with Crippen LogP contribution in [0.1, 0.15) is 24.5 Å². The van der Waals surface area contributed by atoms with Crippen LogP contribution >= 0.6 is 0 Å². The molecule has 0 spiro atoms. The molecule has 118 valence electrons. The van der Waals surface area contributed by atoms with Gasteiger partial charge in [-0.3, -0.25) is 14.6 Å². The normalized spacial score (nSPS) is 19.5. The second-order valence-electron chi connectivity index (χ2n) is 5.83. The summed E-state index contributed by atoms with van der Waals surface area (Å²) in [7, 11) is 3.68. The number of hydrogen-bond acceptors (Lipinski definition) is 5. The number of methoxy groups -OCH3 is 1. The highest BCUT2D eigenvalue weighted by Gasteiger charge is 2.25. The fraction of sp³-hybridized carbons (Fsp3) is 0.562. The molecule has 0 bridgehead atoms. The number of nitrogens with zero attached hydrogens (tertiary/aromatic N) is 5. The van der Waals surface area contributed by atoms with Crippen molar-refractivity contribution in [2.45, 2.75) is 18.8 Å². The highest BCUT2D eigenvalue weighted by Crippen LogP contribution is 2.31. The third-order valence-electron chi connectivity index (χ3n) is 4.21. The van der Waals surface area contributed by atoms with Gasteiger partial charge in [0.25, 0.3) is 0 Å². The predicted octanol–water partition coefficient (Wildman–Crippen LogP) is 1.70. The molecule has 1 aliphatic rings. The number of ether oxygens (including phenoxy) is 1. The smallest absolute Gasteiger partial charge is 0.0952 e. The van der Waals surface area contributed by atoms with Gasteiger partial charge in [0.1, 0.15) is 0 Å². The molecule has 3 heterocycles. The van der Waals surface area contributed by atoms with Crippen LogP contribution in [0.15, 0.2) is 24.8 Å². The zero-order valence-corrected chi connectivity index (χ0v) is 13.3. The molecule has 0 aromatic carbocycles. The zero-order chi connectivity index (χ0) is 15.4. The van der Waals surface area contributed by atoms with Crippen LogP contribution in [-0.2, 0) is 11.8 Å². The Bertz CT molecular complexity index is 612. The summed E-state index contributed by atoms with van der Waals surface area (Å²) in [5, 5.41) is 4.26. The van der Waals surface area contributed by atoms with Crippen molar-refractivity contribution in [2.75, 3.05) is 33.4 Å². The van der Waals surface area contributed by atoms with Gasteiger partial charge in [0.2, 0.25) is 0 Å². The Balaban J connectivity index is 1.82. The first-order chi connectivity index (χ1) is 10.8. The van der Waals surface area contributed by atoms with E-state index in [1.165, 1.54) is 6.42 Å². The Morgan fingerprint density at radius 1 is 1.32 bits per heavy atom. The van der Waals surface area contributed by atoms with Crippen molar-refractivity contribution in [3.63, 3.8) is 0 Å². The lowest BCUT2D eigenvalue weighted by molar-refractivity contribution is 0.127. The standard InChI is InChI=1S/C16H23N5O/c1-20-11-14(10-19-20)16-15(17-5-6-18-16)13-4-3-7-21(12-13)8-9-22-2/h5-6,10-11,13H,3-4,7-9,12H2,1-2H3/t13-/m0/s1. The van der Waals surface area contributed by atoms with Crippen molar-refractivity contribution < 1.29 is 4.74 Å². The third-order valence-corrected chi connectivity index (χ3v) is 4.21. The first-order valence-electron chi connectivity index (χ1n) is 7.79. The van der Waals surface area contributed by atoms with Crippen LogP contribution in [0.4, 0.5) is 0 Å². The number of aryl methyl sites for hydroxylation is 1. The van der Waals surface area contributed by atoms with E-state index in [0.29, 0.717) is 5.92 Å². The highest BCUT2D eigenvalue weighted by atomic mass is 16.5. The van der Waals surface area contributed by atoms with E-state index in [1.54, 1.807) is 24.2 Å². The quantitative estimate of drug-likeness (QED) is 0.841. The molecule has 1 saturated heterocycles. The number of aromatic nitrogens is 4. The number of piperidine rings is 1. The first kappa shape index (κ1) is 15.1. The van der Waals surface area contributed by atoms with Gasteiger partial charge >= 0.3 is 0 Å². The van der Waals surface area contributed by atoms with E-state index in [4.69, 9.17) is 4.74 Å². The minimum absolute atomic E-state index is 0.425. The Morgan fingerprint density at radius 3 is 2.95 bits per heavy atom. The maximum Gasteiger partial charge on any atom is 0.0952 e. The Kier molecular flexibility index (Phi) is 4.80. The molecule has 0 aliphatic carbocycles. The molecule has 1 aliphatic heterocycles. The zero-order valence-electron chi connectivity index (χ0n) is 13.3. The largest absolute Gasteiger partial charge is 0.383 e. The molecule has 1 fully saturated rings. The van der Waals surface area contributed by atoms with Crippen LogP contribution in [0.2, 0.25) is 0 Å². The maximum absolute atomic E-state index is 5.20. The predicted molar refractivity (Wildman–Crippen MR) is 84.5 cm³/mol. The summed E-state index contributed by atoms with van der Waals surface area (Å²) in [4.78, 5) is 11.7. The molecule has 2 aromatic heterocycles. The van der Waals surface area contributed by atoms with Crippen LogP contribution in [0.3, 0.4) is 0 Å². The molecule has 1 atom stereocenters. The van der Waals surface area contributed by atoms with Gasteiger partial charge in [-0.1, -0.05) is 0 Å². The minimum atomic E-state index is 0.425. The summed E-state index contributed by atoms with van der Waals surface area (Å²) in [6.07, 6.45) is 9.77. The number of rotatable bonds is 5. The van der Waals surface area contributed by atoms with E-state index in [1.807, 2.05) is 19.4 Å². The third kappa shape index (κ3) is 3.34. The van der Waals surface area contributed by atoms with E-state index in [2.05, 4.69) is 20.0 Å². The molecule has 2 aromatic rings. The molecule has 0 radical (unpaired) electrons. The lowest BCUT2D eigenvalue weighted by Gasteiger charge is -2.32. The summed E-state index contributed by atoms with van der Waals surface area (Å²) < 4.78 is 7.01. The summed E-state index contributed by atoms with van der Waals surface area (Å²) >= 11 is 0. The van der Waals surface area contributed by atoms with Crippen molar-refractivity contribution in [1.29, 1.82) is 0 Å². The molecule has 6 heteroatoms. The summed E-state index contributed by atoms with van der Waals surface area (Å²) in [5.41, 5.74) is 3.10. The van der Waals surface area contributed by atoms with Gasteiger partial charge in [-0.2, -0.15) is 5.10 Å². The molecule has 3 rings (SSSR count). The molecular weight excluding hydrogens is 278 g/mol. The average molecular weight is 301 g/mol. The van der Waals surface area contributed by atoms with Gasteiger partial charge in [0.15, 0.2) is 0 Å². The number of hydrogen-bond donors (Lipinski definition) is 0. The van der Waals surface area contributed by atoms with E-state index >= 15 is 0 Å². The van der Waals surface area contributed by atoms with E-state index < -0.39 is 0 Å². The van der Waals surface area contributed by atoms with Crippen LogP contribution in [-0.4, -0.2) is 58.0 Å². The second-order valence-corrected chi connectivity index (χ2v) is 5.83. The van der Waals surface area contributed by atoms with Gasteiger partial charge in [0.05, 0.1) is 24.2 Å². The van der Waals surface area contributed by atoms with Gasteiger partial charge in [0, 0.05) is 57.3 Å². The maximum atomic E-state index is 5.20. The Labute approximate surface area is 131 Å². The summed E-state index contributed by atoms with van der Waals surface area (Å²) in [6, 6.07) is 0. The summed E-state index contributed by atoms with van der Waals surface area (Å²) in [6.45, 7) is 3.93. The average Bonchev–Trinajstić information content (AvgIpc) is 2.99. The lowest BCUT2D eigenvalue weighted by atomic mass is 9.92. The molecule has 6 nitrogen and oxygen atoms in total. The van der Waals surface area contributed by atoms with Crippen molar-refractivity contribution in [2.24, 2.45) is 7.05 Å². The fourth-order valence-electron chi connectivity index (χ4n) is 3.12. The molecular formula is C16H23N5O. The topological polar surface area (TPSA) is 56.1 Å². The van der Waals surface area contributed by atoms with Gasteiger partial charge in [-0.05, 0) is 19.4 Å². The second kappa shape index (κ2) is 6.98. The van der Waals surface area contributed by atoms with Crippen LogP contribution in [0, 0.1) is 0 Å². The van der Waals surface area contributed by atoms with Crippen molar-refractivity contribution in [1.82, 2.24) is 24.6 Å². The Morgan fingerprint density at radius 2 is 2.18 bits per heavy atom. The van der Waals surface area contributed by atoms with E-state index in [9.17, 15) is 0 Å². The fourth-order valence-corrected chi connectivity index (χ4v) is 3.12. The molecule has 0 saturated carbocycles. The van der Waals surface area contributed by atoms with Crippen molar-refractivity contribution in [3.05, 3.63) is 30.5 Å². The van der Waals surface area contributed by atoms with Crippen molar-refractivity contribution in [3.8, 4) is 11.3 Å². The van der Waals surface area contributed by atoms with Gasteiger partial charge in [-0.15, -0.1) is 0 Å². The monoisotopic (exact) mass is 301 g/mol. The Hall–Kier alpha value is -1.79. The van der Waals surface area contributed by atoms with Gasteiger partial charge in [-0.25, -0.2) is 0 Å². The van der Waals surface area contributed by atoms with E-state index in [0.717, 1.165) is 49.6 Å². The van der Waals surface area contributed by atoms with Crippen LogP contribution in [0.25, 0.3) is 11.3 Å². The van der Waals surface area contributed by atoms with Gasteiger partial charge < -0.3 is 9.64 Å². The first-order valence-corrected chi connectivity index (χ1v) is 7.79. The lowest BCUT2D eigenvalue weighted by Crippen LogP contribution is -2.37. The van der Waals surface area contributed by atoms with Crippen LogP contribution < -0.4 is 0 Å². The molecule has 0 amide bonds. The van der Waals surface area contributed by atoms with E-state index in [-0.39, 0.29) is 0 Å². The molecule has 22 heavy (non-hydrogen) atoms. The van der Waals surface area contributed by atoms with Crippen molar-refractivity contribution >= 4 is 0 Å².